The van der Waals surface area contributed by atoms with Crippen LogP contribution in [0.1, 0.15) is 132 Å². The van der Waals surface area contributed by atoms with Gasteiger partial charge in [0.15, 0.2) is 0 Å². The van der Waals surface area contributed by atoms with E-state index >= 15 is 0 Å². The predicted molar refractivity (Wildman–Crippen MR) is 217 cm³/mol. The van der Waals surface area contributed by atoms with E-state index in [-0.39, 0.29) is 30.3 Å². The number of carboxylic acids is 1. The van der Waals surface area contributed by atoms with Crippen molar-refractivity contribution in [1.82, 2.24) is 9.97 Å². The number of nitrogens with one attached hydrogen (secondary N) is 1. The number of aliphatic hydroxyl groups is 3. The van der Waals surface area contributed by atoms with Crippen molar-refractivity contribution < 1.29 is 25.2 Å². The summed E-state index contributed by atoms with van der Waals surface area (Å²) in [6.07, 6.45) is 20.9. The number of allylic oxidation sites excluding steroid dienone is 1. The van der Waals surface area contributed by atoms with Gasteiger partial charge in [-0.15, -0.1) is 0 Å². The summed E-state index contributed by atoms with van der Waals surface area (Å²) in [5.41, 5.74) is 9.69. The Kier molecular flexibility index (Phi) is 15.8. The third kappa shape index (κ3) is 12.3. The van der Waals surface area contributed by atoms with Gasteiger partial charge < -0.3 is 31.1 Å². The zero-order valence-electron chi connectivity index (χ0n) is 32.8. The highest BCUT2D eigenvalue weighted by atomic mass is 16.4. The van der Waals surface area contributed by atoms with E-state index in [4.69, 9.17) is 5.73 Å². The molecule has 296 valence electrons. The average Bonchev–Trinajstić information content (AvgIpc) is 3.74. The highest BCUT2D eigenvalue weighted by Gasteiger charge is 2.46. The molecule has 0 bridgehead atoms. The fourth-order valence-electron chi connectivity index (χ4n) is 9.43. The number of aliphatic carboxylic acids is 1. The standard InChI is InChI=1S/C46H67N3O5/c1-3-4-7-12-34-17-18-37(43(51)26-34)15-10-6-11-16-41(45(52)53)42(50)19-21-46(54)30-36(24-35-20-22-48-44(47)27-35)25-39(46)29-40-28-38(31-49-40)32(2)23-33-13-8-5-9-14-33/h5,8-9,13-14,17-18,20,22,27-28,31-32,34,36-37,39,41-43,49-51,54H,3-4,6-7,10-12,15-16,19,21,23-26,29-30H2,1-2H3,(H2,47,48)(H,52,53). The first-order valence-electron chi connectivity index (χ1n) is 20.9. The second kappa shape index (κ2) is 20.5. The van der Waals surface area contributed by atoms with Crippen molar-refractivity contribution in [1.29, 1.82) is 0 Å². The highest BCUT2D eigenvalue weighted by molar-refractivity contribution is 5.70. The summed E-state index contributed by atoms with van der Waals surface area (Å²) in [6.45, 7) is 4.45. The van der Waals surface area contributed by atoms with Gasteiger partial charge in [-0.25, -0.2) is 4.98 Å². The lowest BCUT2D eigenvalue weighted by Gasteiger charge is -2.32. The fourth-order valence-corrected chi connectivity index (χ4v) is 9.43. The summed E-state index contributed by atoms with van der Waals surface area (Å²) in [6, 6.07) is 16.6. The van der Waals surface area contributed by atoms with E-state index in [0.717, 1.165) is 62.6 Å². The second-order valence-corrected chi connectivity index (χ2v) is 16.9. The lowest BCUT2D eigenvalue weighted by Crippen LogP contribution is -2.37. The van der Waals surface area contributed by atoms with Crippen molar-refractivity contribution >= 4 is 11.8 Å². The number of rotatable bonds is 22. The Balaban J connectivity index is 1.15. The number of pyridine rings is 1. The van der Waals surface area contributed by atoms with Crippen LogP contribution in [0.15, 0.2) is 73.1 Å². The number of nitrogens with zero attached hydrogens (tertiary/aromatic N) is 1. The minimum atomic E-state index is -1.03. The van der Waals surface area contributed by atoms with Crippen LogP contribution < -0.4 is 5.73 Å². The number of carboxylic acid groups (broad SMARTS) is 1. The molecule has 2 aliphatic rings. The zero-order chi connectivity index (χ0) is 38.5. The molecule has 9 atom stereocenters. The SMILES string of the molecule is CCCCCC1C=CC(CCCCCC(C(=O)O)C(O)CCC2(O)CC(Cc3ccnc(N)c3)CC2Cc2cc(C(C)Cc3ccccc3)c[nH]2)C(O)C1. The van der Waals surface area contributed by atoms with Gasteiger partial charge >= 0.3 is 5.97 Å². The average molecular weight is 742 g/mol. The molecule has 3 aromatic rings. The van der Waals surface area contributed by atoms with E-state index in [1.165, 1.54) is 30.4 Å². The molecule has 0 amide bonds. The van der Waals surface area contributed by atoms with Crippen molar-refractivity contribution in [3.63, 3.8) is 0 Å². The van der Waals surface area contributed by atoms with Gasteiger partial charge in [-0.3, -0.25) is 4.79 Å². The molecule has 2 aliphatic carbocycles. The number of aromatic amines is 1. The van der Waals surface area contributed by atoms with Crippen LogP contribution in [-0.2, 0) is 24.1 Å². The maximum atomic E-state index is 12.4. The number of benzene rings is 1. The topological polar surface area (TPSA) is 153 Å². The lowest BCUT2D eigenvalue weighted by atomic mass is 9.80. The van der Waals surface area contributed by atoms with Crippen molar-refractivity contribution in [3.8, 4) is 0 Å². The number of nitrogen functional groups attached to an aromatic ring is 1. The number of hydrogen-bond acceptors (Lipinski definition) is 6. The summed E-state index contributed by atoms with van der Waals surface area (Å²) >= 11 is 0. The molecule has 0 spiro atoms. The molecule has 54 heavy (non-hydrogen) atoms. The van der Waals surface area contributed by atoms with Crippen molar-refractivity contribution in [3.05, 3.63) is 95.5 Å². The van der Waals surface area contributed by atoms with Crippen LogP contribution in [0.5, 0.6) is 0 Å². The van der Waals surface area contributed by atoms with E-state index in [1.807, 2.05) is 18.2 Å². The van der Waals surface area contributed by atoms with E-state index in [1.54, 1.807) is 6.20 Å². The van der Waals surface area contributed by atoms with E-state index in [0.29, 0.717) is 49.8 Å². The molecule has 5 rings (SSSR count). The lowest BCUT2D eigenvalue weighted by molar-refractivity contribution is -0.146. The molecule has 0 saturated heterocycles. The zero-order valence-corrected chi connectivity index (χ0v) is 32.8. The quantitative estimate of drug-likeness (QED) is 0.0445. The number of hydrogen-bond donors (Lipinski definition) is 6. The molecule has 1 saturated carbocycles. The molecule has 0 aliphatic heterocycles. The normalized spacial score (nSPS) is 25.8. The van der Waals surface area contributed by atoms with Crippen LogP contribution in [0.3, 0.4) is 0 Å². The first-order chi connectivity index (χ1) is 26.0. The van der Waals surface area contributed by atoms with Gasteiger partial charge in [0.2, 0.25) is 0 Å². The van der Waals surface area contributed by atoms with Crippen LogP contribution >= 0.6 is 0 Å². The maximum absolute atomic E-state index is 12.4. The Morgan fingerprint density at radius 1 is 0.981 bits per heavy atom. The number of aliphatic hydroxyl groups excluding tert-OH is 2. The molecule has 8 nitrogen and oxygen atoms in total. The van der Waals surface area contributed by atoms with Crippen molar-refractivity contribution in [2.75, 3.05) is 5.73 Å². The molecule has 8 heteroatoms. The number of nitrogens with two attached hydrogens (primary N) is 1. The summed E-state index contributed by atoms with van der Waals surface area (Å²) in [5, 5.41) is 44.5. The van der Waals surface area contributed by atoms with Gasteiger partial charge in [-0.1, -0.05) is 94.9 Å². The van der Waals surface area contributed by atoms with Gasteiger partial charge in [0.05, 0.1) is 23.7 Å². The minimum absolute atomic E-state index is 0.0381. The van der Waals surface area contributed by atoms with Crippen LogP contribution in [-0.4, -0.2) is 54.2 Å². The van der Waals surface area contributed by atoms with Crippen LogP contribution in [0.2, 0.25) is 0 Å². The Labute approximate surface area is 323 Å². The molecule has 9 unspecified atom stereocenters. The van der Waals surface area contributed by atoms with Gasteiger partial charge in [-0.2, -0.15) is 0 Å². The van der Waals surface area contributed by atoms with E-state index in [2.05, 4.69) is 72.5 Å². The molecule has 0 radical (unpaired) electrons. The number of H-pyrrole nitrogens is 1. The Morgan fingerprint density at radius 2 is 1.78 bits per heavy atom. The number of aromatic nitrogens is 2. The van der Waals surface area contributed by atoms with E-state index in [9.17, 15) is 25.2 Å². The van der Waals surface area contributed by atoms with Crippen molar-refractivity contribution in [2.24, 2.45) is 29.6 Å². The molecular formula is C46H67N3O5. The third-order valence-electron chi connectivity index (χ3n) is 12.6. The summed E-state index contributed by atoms with van der Waals surface area (Å²) < 4.78 is 0. The molecule has 2 heterocycles. The summed E-state index contributed by atoms with van der Waals surface area (Å²) in [7, 11) is 0. The van der Waals surface area contributed by atoms with Crippen molar-refractivity contribution in [2.45, 2.75) is 147 Å². The van der Waals surface area contributed by atoms with Gasteiger partial charge in [0.25, 0.3) is 0 Å². The Morgan fingerprint density at radius 3 is 2.52 bits per heavy atom. The van der Waals surface area contributed by atoms with Gasteiger partial charge in [0.1, 0.15) is 5.82 Å². The first kappa shape index (κ1) is 41.7. The molecule has 2 aromatic heterocycles. The molecule has 1 aromatic carbocycles. The maximum Gasteiger partial charge on any atom is 0.309 e. The van der Waals surface area contributed by atoms with E-state index < -0.39 is 23.6 Å². The Bertz CT molecular complexity index is 1590. The van der Waals surface area contributed by atoms with Crippen LogP contribution in [0.25, 0.3) is 0 Å². The third-order valence-corrected chi connectivity index (χ3v) is 12.6. The largest absolute Gasteiger partial charge is 0.481 e. The first-order valence-corrected chi connectivity index (χ1v) is 20.9. The predicted octanol–water partition coefficient (Wildman–Crippen LogP) is 8.81. The molecule has 7 N–H and O–H groups in total. The number of unbranched alkanes of at least 4 members (excludes halogenated alkanes) is 4. The molecule has 1 fully saturated rings. The van der Waals surface area contributed by atoms with Crippen LogP contribution in [0.4, 0.5) is 5.82 Å². The van der Waals surface area contributed by atoms with Gasteiger partial charge in [0, 0.05) is 24.0 Å². The Hall–Kier alpha value is -3.46. The smallest absolute Gasteiger partial charge is 0.309 e. The minimum Gasteiger partial charge on any atom is -0.481 e. The second-order valence-electron chi connectivity index (χ2n) is 16.9. The number of carbonyl (C=O) groups is 1. The molecular weight excluding hydrogens is 675 g/mol. The highest BCUT2D eigenvalue weighted by Crippen LogP contribution is 2.46. The monoisotopic (exact) mass is 742 g/mol. The van der Waals surface area contributed by atoms with Gasteiger partial charge in [-0.05, 0) is 129 Å². The summed E-state index contributed by atoms with van der Waals surface area (Å²) in [4.78, 5) is 20.0. The number of anilines is 1. The van der Waals surface area contributed by atoms with Crippen LogP contribution in [0, 0.1) is 29.6 Å². The summed E-state index contributed by atoms with van der Waals surface area (Å²) in [5.74, 6) is -0.184. The fraction of sp³-hybridized carbons (Fsp3) is 0.609.